The van der Waals surface area contributed by atoms with E-state index in [1.165, 1.54) is 0 Å². The van der Waals surface area contributed by atoms with Crippen LogP contribution in [0.1, 0.15) is 23.4 Å². The smallest absolute Gasteiger partial charge is 0.145 e. The molecule has 128 valence electrons. The van der Waals surface area contributed by atoms with Crippen molar-refractivity contribution in [3.63, 3.8) is 0 Å². The molecule has 5 heteroatoms. The van der Waals surface area contributed by atoms with Gasteiger partial charge in [0, 0.05) is 33.4 Å². The van der Waals surface area contributed by atoms with Crippen LogP contribution in [0.2, 0.25) is 10.0 Å². The number of rotatable bonds is 7. The van der Waals surface area contributed by atoms with Crippen LogP contribution < -0.4 is 4.74 Å². The molecule has 0 fully saturated rings. The maximum Gasteiger partial charge on any atom is 0.145 e. The normalized spacial score (nSPS) is 10.9. The molecule has 24 heavy (non-hydrogen) atoms. The summed E-state index contributed by atoms with van der Waals surface area (Å²) in [5.74, 6) is 0.709. The third kappa shape index (κ3) is 4.97. The van der Waals surface area contributed by atoms with Crippen LogP contribution in [-0.4, -0.2) is 37.1 Å². The molecule has 1 heterocycles. The minimum absolute atomic E-state index is 0.589. The lowest BCUT2D eigenvalue weighted by Crippen LogP contribution is -2.16. The minimum atomic E-state index is 0.589. The first-order valence-corrected chi connectivity index (χ1v) is 8.54. The van der Waals surface area contributed by atoms with E-state index in [1.807, 2.05) is 33.2 Å². The molecular weight excluding hydrogens is 343 g/mol. The van der Waals surface area contributed by atoms with Crippen molar-refractivity contribution in [1.29, 1.82) is 0 Å². The zero-order chi connectivity index (χ0) is 17.7. The van der Waals surface area contributed by atoms with Gasteiger partial charge in [-0.3, -0.25) is 0 Å². The van der Waals surface area contributed by atoms with E-state index >= 15 is 0 Å². The molecule has 0 aliphatic rings. The van der Waals surface area contributed by atoms with E-state index in [2.05, 4.69) is 16.5 Å². The zero-order valence-electron chi connectivity index (χ0n) is 14.3. The van der Waals surface area contributed by atoms with Crippen molar-refractivity contribution < 1.29 is 4.74 Å². The van der Waals surface area contributed by atoms with Gasteiger partial charge in [0.1, 0.15) is 11.4 Å². The van der Waals surface area contributed by atoms with Crippen LogP contribution in [0.3, 0.4) is 0 Å². The van der Waals surface area contributed by atoms with Gasteiger partial charge in [0.2, 0.25) is 0 Å². The van der Waals surface area contributed by atoms with Crippen molar-refractivity contribution in [3.05, 3.63) is 63.9 Å². The zero-order valence-corrected chi connectivity index (χ0v) is 15.8. The van der Waals surface area contributed by atoms with Crippen molar-refractivity contribution >= 4 is 28.8 Å². The quantitative estimate of drug-likeness (QED) is 0.639. The van der Waals surface area contributed by atoms with Crippen LogP contribution in [0.4, 0.5) is 0 Å². The van der Waals surface area contributed by atoms with E-state index < -0.39 is 0 Å². The Balaban J connectivity index is 2.26. The molecule has 2 rings (SSSR count). The highest BCUT2D eigenvalue weighted by molar-refractivity contribution is 6.34. The van der Waals surface area contributed by atoms with E-state index in [-0.39, 0.29) is 0 Å². The van der Waals surface area contributed by atoms with Crippen LogP contribution in [0.15, 0.2) is 36.9 Å². The van der Waals surface area contributed by atoms with Gasteiger partial charge in [-0.15, -0.1) is 0 Å². The Morgan fingerprint density at radius 2 is 1.96 bits per heavy atom. The molecule has 0 unspecified atom stereocenters. The second kappa shape index (κ2) is 8.52. The molecule has 3 nitrogen and oxygen atoms in total. The highest BCUT2D eigenvalue weighted by atomic mass is 35.5. The lowest BCUT2D eigenvalue weighted by atomic mass is 10.0. The van der Waals surface area contributed by atoms with Gasteiger partial charge in [-0.2, -0.15) is 0 Å². The molecule has 0 saturated heterocycles. The number of aryl methyl sites for hydroxylation is 1. The van der Waals surface area contributed by atoms with E-state index in [0.717, 1.165) is 24.2 Å². The number of halogens is 2. The van der Waals surface area contributed by atoms with Crippen LogP contribution in [0.25, 0.3) is 5.57 Å². The molecule has 0 spiro atoms. The van der Waals surface area contributed by atoms with E-state index in [0.29, 0.717) is 33.7 Å². The Labute approximate surface area is 153 Å². The average Bonchev–Trinajstić information content (AvgIpc) is 2.54. The van der Waals surface area contributed by atoms with E-state index in [1.54, 1.807) is 18.2 Å². The molecule has 0 amide bonds. The fourth-order valence-electron chi connectivity index (χ4n) is 2.30. The van der Waals surface area contributed by atoms with Crippen LogP contribution in [0.5, 0.6) is 5.75 Å². The molecule has 1 aromatic carbocycles. The van der Waals surface area contributed by atoms with Crippen molar-refractivity contribution in [1.82, 2.24) is 9.88 Å². The fraction of sp³-hybridized carbons (Fsp3) is 0.316. The van der Waals surface area contributed by atoms with Crippen molar-refractivity contribution in [2.75, 3.05) is 27.2 Å². The van der Waals surface area contributed by atoms with Crippen molar-refractivity contribution in [3.8, 4) is 5.75 Å². The molecule has 0 aliphatic carbocycles. The number of benzene rings is 1. The van der Waals surface area contributed by atoms with Gasteiger partial charge in [0.05, 0.1) is 6.61 Å². The van der Waals surface area contributed by atoms with Crippen molar-refractivity contribution in [2.24, 2.45) is 0 Å². The Morgan fingerprint density at radius 1 is 1.21 bits per heavy atom. The first kappa shape index (κ1) is 18.8. The topological polar surface area (TPSA) is 25.4 Å². The van der Waals surface area contributed by atoms with Gasteiger partial charge < -0.3 is 9.64 Å². The second-order valence-electron chi connectivity index (χ2n) is 5.91. The number of ether oxygens (including phenoxy) is 1. The third-order valence-electron chi connectivity index (χ3n) is 3.54. The molecule has 0 radical (unpaired) electrons. The molecule has 0 bridgehead atoms. The molecule has 2 aromatic rings. The number of nitrogens with zero attached hydrogens (tertiary/aromatic N) is 2. The van der Waals surface area contributed by atoms with Gasteiger partial charge in [0.25, 0.3) is 0 Å². The summed E-state index contributed by atoms with van der Waals surface area (Å²) in [6, 6.07) is 9.17. The predicted octanol–water partition coefficient (Wildman–Crippen LogP) is 5.09. The summed E-state index contributed by atoms with van der Waals surface area (Å²) in [5.41, 5.74) is 3.06. The van der Waals surface area contributed by atoms with Crippen LogP contribution >= 0.6 is 23.2 Å². The maximum atomic E-state index is 6.30. The van der Waals surface area contributed by atoms with Crippen LogP contribution in [0, 0.1) is 6.92 Å². The summed E-state index contributed by atoms with van der Waals surface area (Å²) in [7, 11) is 4.09. The average molecular weight is 365 g/mol. The maximum absolute atomic E-state index is 6.30. The first-order chi connectivity index (χ1) is 11.4. The number of hydrogen-bond acceptors (Lipinski definition) is 3. The lowest BCUT2D eigenvalue weighted by molar-refractivity contribution is 0.280. The molecule has 0 aliphatic heterocycles. The minimum Gasteiger partial charge on any atom is -0.491 e. The van der Waals surface area contributed by atoms with Crippen molar-refractivity contribution in [2.45, 2.75) is 13.3 Å². The summed E-state index contributed by atoms with van der Waals surface area (Å²) in [6.07, 6.45) is 0.935. The summed E-state index contributed by atoms with van der Waals surface area (Å²) in [5, 5.41) is 1.20. The summed E-state index contributed by atoms with van der Waals surface area (Å²) in [4.78, 5) is 6.72. The third-order valence-corrected chi connectivity index (χ3v) is 4.11. The first-order valence-electron chi connectivity index (χ1n) is 7.78. The van der Waals surface area contributed by atoms with Gasteiger partial charge in [0.15, 0.2) is 0 Å². The molecular formula is C19H22Cl2N2O. The van der Waals surface area contributed by atoms with E-state index in [4.69, 9.17) is 27.9 Å². The summed E-state index contributed by atoms with van der Waals surface area (Å²) in [6.45, 7) is 7.68. The largest absolute Gasteiger partial charge is 0.491 e. The van der Waals surface area contributed by atoms with Crippen LogP contribution in [-0.2, 0) is 0 Å². The Kier molecular flexibility index (Phi) is 6.67. The SMILES string of the molecule is C=C(c1cc(Cl)ccc1Cl)c1nc(C)ccc1OCCCN(C)C. The highest BCUT2D eigenvalue weighted by Gasteiger charge is 2.14. The van der Waals surface area contributed by atoms with E-state index in [9.17, 15) is 0 Å². The van der Waals surface area contributed by atoms with Gasteiger partial charge in [-0.1, -0.05) is 29.8 Å². The fourth-order valence-corrected chi connectivity index (χ4v) is 2.70. The highest BCUT2D eigenvalue weighted by Crippen LogP contribution is 2.34. The van der Waals surface area contributed by atoms with Gasteiger partial charge >= 0.3 is 0 Å². The summed E-state index contributed by atoms with van der Waals surface area (Å²) >= 11 is 12.4. The Bertz CT molecular complexity index is 729. The monoisotopic (exact) mass is 364 g/mol. The summed E-state index contributed by atoms with van der Waals surface area (Å²) < 4.78 is 5.93. The Morgan fingerprint density at radius 3 is 2.67 bits per heavy atom. The van der Waals surface area contributed by atoms with Gasteiger partial charge in [-0.25, -0.2) is 4.98 Å². The van der Waals surface area contributed by atoms with Gasteiger partial charge in [-0.05, 0) is 57.8 Å². The molecule has 1 aromatic heterocycles. The number of pyridine rings is 1. The second-order valence-corrected chi connectivity index (χ2v) is 6.75. The number of hydrogen-bond donors (Lipinski definition) is 0. The molecule has 0 N–H and O–H groups in total. The standard InChI is InChI=1S/C19H22Cl2N2O/c1-13-6-9-18(24-11-5-10-23(3)4)19(22-13)14(2)16-12-15(20)7-8-17(16)21/h6-9,12H,2,5,10-11H2,1,3-4H3. The number of aromatic nitrogens is 1. The lowest BCUT2D eigenvalue weighted by Gasteiger charge is -2.15. The Hall–Kier alpha value is -1.55. The molecule has 0 atom stereocenters. The molecule has 0 saturated carbocycles. The predicted molar refractivity (Wildman–Crippen MR) is 102 cm³/mol.